The standard InChI is InChI=1S/C15H24N2OS/c1-4-5-11(2)17-15(18)10-19-14-8-6-13(7-9-14)12(3)16/h6-9,11-12H,4-5,10,16H2,1-3H3,(H,17,18). The number of rotatable bonds is 7. The van der Waals surface area contributed by atoms with Crippen LogP contribution < -0.4 is 11.1 Å². The first-order valence-corrected chi connectivity index (χ1v) is 7.79. The lowest BCUT2D eigenvalue weighted by Crippen LogP contribution is -2.33. The quantitative estimate of drug-likeness (QED) is 0.755. The molecule has 0 aliphatic carbocycles. The third kappa shape index (κ3) is 6.12. The maximum absolute atomic E-state index is 11.7. The molecule has 0 bridgehead atoms. The van der Waals surface area contributed by atoms with E-state index in [1.807, 2.05) is 38.1 Å². The zero-order valence-corrected chi connectivity index (χ0v) is 12.8. The summed E-state index contributed by atoms with van der Waals surface area (Å²) in [7, 11) is 0. The molecular weight excluding hydrogens is 256 g/mol. The summed E-state index contributed by atoms with van der Waals surface area (Å²) >= 11 is 1.56. The van der Waals surface area contributed by atoms with Crippen molar-refractivity contribution in [3.05, 3.63) is 29.8 Å². The van der Waals surface area contributed by atoms with Gasteiger partial charge in [0.2, 0.25) is 5.91 Å². The number of carbonyl (C=O) groups is 1. The van der Waals surface area contributed by atoms with Crippen molar-refractivity contribution in [2.24, 2.45) is 5.73 Å². The number of amides is 1. The van der Waals surface area contributed by atoms with Crippen molar-refractivity contribution in [3.8, 4) is 0 Å². The van der Waals surface area contributed by atoms with Crippen molar-refractivity contribution in [1.82, 2.24) is 5.32 Å². The number of thioether (sulfide) groups is 1. The number of nitrogens with two attached hydrogens (primary N) is 1. The van der Waals surface area contributed by atoms with E-state index >= 15 is 0 Å². The number of hydrogen-bond donors (Lipinski definition) is 2. The third-order valence-corrected chi connectivity index (χ3v) is 3.92. The van der Waals surface area contributed by atoms with Crippen molar-refractivity contribution < 1.29 is 4.79 Å². The molecule has 3 N–H and O–H groups in total. The summed E-state index contributed by atoms with van der Waals surface area (Å²) in [5.41, 5.74) is 6.91. The summed E-state index contributed by atoms with van der Waals surface area (Å²) in [5.74, 6) is 0.563. The van der Waals surface area contributed by atoms with Crippen LogP contribution in [0.5, 0.6) is 0 Å². The highest BCUT2D eigenvalue weighted by Gasteiger charge is 2.07. The van der Waals surface area contributed by atoms with Gasteiger partial charge >= 0.3 is 0 Å². The van der Waals surface area contributed by atoms with Crippen LogP contribution in [0.3, 0.4) is 0 Å². The Balaban J connectivity index is 2.37. The minimum absolute atomic E-state index is 0.0530. The molecule has 0 aliphatic heterocycles. The average Bonchev–Trinajstić information content (AvgIpc) is 2.37. The van der Waals surface area contributed by atoms with Crippen LogP contribution in [-0.4, -0.2) is 17.7 Å². The minimum atomic E-state index is 0.0530. The molecule has 1 amide bonds. The minimum Gasteiger partial charge on any atom is -0.353 e. The number of nitrogens with one attached hydrogen (secondary N) is 1. The summed E-state index contributed by atoms with van der Waals surface area (Å²) in [6, 6.07) is 8.39. The van der Waals surface area contributed by atoms with Crippen molar-refractivity contribution >= 4 is 17.7 Å². The highest BCUT2D eigenvalue weighted by atomic mass is 32.2. The Labute approximate surface area is 120 Å². The molecular formula is C15H24N2OS. The molecule has 4 heteroatoms. The van der Waals surface area contributed by atoms with Gasteiger partial charge in [-0.05, 0) is 38.0 Å². The second-order valence-electron chi connectivity index (χ2n) is 4.90. The molecule has 1 aromatic rings. The van der Waals surface area contributed by atoms with E-state index < -0.39 is 0 Å². The summed E-state index contributed by atoms with van der Waals surface area (Å²) in [4.78, 5) is 12.8. The van der Waals surface area contributed by atoms with Gasteiger partial charge in [-0.1, -0.05) is 25.5 Å². The molecule has 106 valence electrons. The lowest BCUT2D eigenvalue weighted by molar-refractivity contribution is -0.119. The predicted octanol–water partition coefficient (Wildman–Crippen LogP) is 3.10. The van der Waals surface area contributed by atoms with Crippen LogP contribution in [0.15, 0.2) is 29.2 Å². The molecule has 2 unspecified atom stereocenters. The van der Waals surface area contributed by atoms with Crippen LogP contribution in [0.25, 0.3) is 0 Å². The normalized spacial score (nSPS) is 13.9. The van der Waals surface area contributed by atoms with Gasteiger partial charge < -0.3 is 11.1 Å². The molecule has 3 nitrogen and oxygen atoms in total. The van der Waals surface area contributed by atoms with Gasteiger partial charge in [-0.15, -0.1) is 11.8 Å². The second-order valence-corrected chi connectivity index (χ2v) is 5.95. The number of hydrogen-bond acceptors (Lipinski definition) is 3. The van der Waals surface area contributed by atoms with E-state index in [2.05, 4.69) is 12.2 Å². The van der Waals surface area contributed by atoms with Crippen LogP contribution in [0.4, 0.5) is 0 Å². The van der Waals surface area contributed by atoms with E-state index in [0.29, 0.717) is 5.75 Å². The van der Waals surface area contributed by atoms with Gasteiger partial charge in [-0.25, -0.2) is 0 Å². The number of benzene rings is 1. The Bertz CT molecular complexity index is 390. The number of carbonyl (C=O) groups excluding carboxylic acids is 1. The molecule has 0 saturated heterocycles. The fourth-order valence-corrected chi connectivity index (χ4v) is 2.55. The molecule has 0 fully saturated rings. The van der Waals surface area contributed by atoms with Gasteiger partial charge in [0.1, 0.15) is 0 Å². The van der Waals surface area contributed by atoms with Crippen molar-refractivity contribution in [3.63, 3.8) is 0 Å². The zero-order valence-electron chi connectivity index (χ0n) is 12.0. The predicted molar refractivity (Wildman–Crippen MR) is 82.3 cm³/mol. The highest BCUT2D eigenvalue weighted by Crippen LogP contribution is 2.20. The zero-order chi connectivity index (χ0) is 14.3. The summed E-state index contributed by atoms with van der Waals surface area (Å²) in [6.07, 6.45) is 2.12. The summed E-state index contributed by atoms with van der Waals surface area (Å²) in [6.45, 7) is 6.13. The van der Waals surface area contributed by atoms with E-state index in [-0.39, 0.29) is 18.0 Å². The lowest BCUT2D eigenvalue weighted by atomic mass is 10.1. The van der Waals surface area contributed by atoms with E-state index in [1.54, 1.807) is 11.8 Å². The molecule has 1 rings (SSSR count). The Morgan fingerprint density at radius 1 is 1.32 bits per heavy atom. The molecule has 0 aromatic heterocycles. The Morgan fingerprint density at radius 2 is 1.95 bits per heavy atom. The van der Waals surface area contributed by atoms with Crippen molar-refractivity contribution in [2.75, 3.05) is 5.75 Å². The van der Waals surface area contributed by atoms with Crippen LogP contribution in [0, 0.1) is 0 Å². The van der Waals surface area contributed by atoms with E-state index in [9.17, 15) is 4.79 Å². The SMILES string of the molecule is CCCC(C)NC(=O)CSc1ccc(C(C)N)cc1. The smallest absolute Gasteiger partial charge is 0.230 e. The Kier molecular flexibility index (Phi) is 6.95. The maximum Gasteiger partial charge on any atom is 0.230 e. The molecule has 0 radical (unpaired) electrons. The van der Waals surface area contributed by atoms with E-state index in [4.69, 9.17) is 5.73 Å². The van der Waals surface area contributed by atoms with Gasteiger partial charge in [-0.2, -0.15) is 0 Å². The van der Waals surface area contributed by atoms with Crippen molar-refractivity contribution in [1.29, 1.82) is 0 Å². The van der Waals surface area contributed by atoms with Gasteiger partial charge in [0.05, 0.1) is 5.75 Å². The Hall–Kier alpha value is -1.00. The van der Waals surface area contributed by atoms with Crippen LogP contribution in [0.2, 0.25) is 0 Å². The van der Waals surface area contributed by atoms with Gasteiger partial charge in [0, 0.05) is 17.0 Å². The van der Waals surface area contributed by atoms with Crippen LogP contribution in [-0.2, 0) is 4.79 Å². The first-order valence-electron chi connectivity index (χ1n) is 6.80. The van der Waals surface area contributed by atoms with E-state index in [1.165, 1.54) is 0 Å². The van der Waals surface area contributed by atoms with Crippen LogP contribution in [0.1, 0.15) is 45.2 Å². The first kappa shape index (κ1) is 16.1. The molecule has 0 heterocycles. The monoisotopic (exact) mass is 280 g/mol. The topological polar surface area (TPSA) is 55.1 Å². The lowest BCUT2D eigenvalue weighted by Gasteiger charge is -2.12. The van der Waals surface area contributed by atoms with Gasteiger partial charge in [0.15, 0.2) is 0 Å². The average molecular weight is 280 g/mol. The van der Waals surface area contributed by atoms with E-state index in [0.717, 1.165) is 23.3 Å². The Morgan fingerprint density at radius 3 is 2.47 bits per heavy atom. The fraction of sp³-hybridized carbons (Fsp3) is 0.533. The maximum atomic E-state index is 11.7. The summed E-state index contributed by atoms with van der Waals surface area (Å²) < 4.78 is 0. The van der Waals surface area contributed by atoms with Crippen molar-refractivity contribution in [2.45, 2.75) is 50.6 Å². The third-order valence-electron chi connectivity index (χ3n) is 2.90. The van der Waals surface area contributed by atoms with Gasteiger partial charge in [0.25, 0.3) is 0 Å². The second kappa shape index (κ2) is 8.23. The first-order chi connectivity index (χ1) is 9.02. The molecule has 0 aliphatic rings. The highest BCUT2D eigenvalue weighted by molar-refractivity contribution is 8.00. The van der Waals surface area contributed by atoms with Gasteiger partial charge in [-0.3, -0.25) is 4.79 Å². The molecule has 19 heavy (non-hydrogen) atoms. The molecule has 0 spiro atoms. The fourth-order valence-electron chi connectivity index (χ4n) is 1.84. The molecule has 2 atom stereocenters. The van der Waals surface area contributed by atoms with Crippen LogP contribution >= 0.6 is 11.8 Å². The molecule has 0 saturated carbocycles. The largest absolute Gasteiger partial charge is 0.353 e. The molecule has 1 aromatic carbocycles. The summed E-state index contributed by atoms with van der Waals surface area (Å²) in [5, 5.41) is 3.00.